The lowest BCUT2D eigenvalue weighted by Gasteiger charge is -2.25. The molecular formula is C20H26N2O5S. The first kappa shape index (κ1) is 21.6. The number of aryl methyl sites for hydroxylation is 2. The molecule has 0 atom stereocenters. The van der Waals surface area contributed by atoms with E-state index in [1.165, 1.54) is 32.4 Å². The van der Waals surface area contributed by atoms with Crippen molar-refractivity contribution in [2.24, 2.45) is 0 Å². The second-order valence-electron chi connectivity index (χ2n) is 6.33. The van der Waals surface area contributed by atoms with Crippen LogP contribution in [0.4, 0.5) is 5.69 Å². The van der Waals surface area contributed by atoms with Crippen LogP contribution in [0, 0.1) is 13.8 Å². The molecule has 2 aromatic carbocycles. The summed E-state index contributed by atoms with van der Waals surface area (Å²) in [6, 6.07) is 9.77. The van der Waals surface area contributed by atoms with E-state index < -0.39 is 10.0 Å². The summed E-state index contributed by atoms with van der Waals surface area (Å²) >= 11 is 0. The maximum Gasteiger partial charge on any atom is 0.264 e. The Morgan fingerprint density at radius 1 is 1.00 bits per heavy atom. The summed E-state index contributed by atoms with van der Waals surface area (Å²) in [5, 5.41) is 2.65. The summed E-state index contributed by atoms with van der Waals surface area (Å²) in [5.74, 6) is 0.329. The van der Waals surface area contributed by atoms with Gasteiger partial charge in [-0.2, -0.15) is 0 Å². The molecule has 0 spiro atoms. The number of sulfonamides is 1. The van der Waals surface area contributed by atoms with Gasteiger partial charge in [-0.25, -0.2) is 8.42 Å². The number of hydrogen-bond acceptors (Lipinski definition) is 5. The lowest BCUT2D eigenvalue weighted by atomic mass is 10.1. The van der Waals surface area contributed by atoms with E-state index in [9.17, 15) is 13.2 Å². The van der Waals surface area contributed by atoms with Crippen LogP contribution in [0.2, 0.25) is 0 Å². The number of hydrogen-bond donors (Lipinski definition) is 1. The number of benzene rings is 2. The highest BCUT2D eigenvalue weighted by molar-refractivity contribution is 7.92. The van der Waals surface area contributed by atoms with Gasteiger partial charge in [0.1, 0.15) is 6.54 Å². The highest BCUT2D eigenvalue weighted by atomic mass is 32.2. The van der Waals surface area contributed by atoms with E-state index >= 15 is 0 Å². The average molecular weight is 407 g/mol. The first-order valence-corrected chi connectivity index (χ1v) is 10.3. The van der Waals surface area contributed by atoms with Crippen molar-refractivity contribution in [3.05, 3.63) is 47.5 Å². The predicted molar refractivity (Wildman–Crippen MR) is 109 cm³/mol. The monoisotopic (exact) mass is 406 g/mol. The minimum Gasteiger partial charge on any atom is -0.493 e. The van der Waals surface area contributed by atoms with Gasteiger partial charge >= 0.3 is 0 Å². The Hall–Kier alpha value is -2.74. The summed E-state index contributed by atoms with van der Waals surface area (Å²) in [5.41, 5.74) is 2.23. The molecule has 7 nitrogen and oxygen atoms in total. The van der Waals surface area contributed by atoms with Gasteiger partial charge in [0, 0.05) is 12.6 Å². The summed E-state index contributed by atoms with van der Waals surface area (Å²) < 4.78 is 38.3. The number of nitrogens with zero attached hydrogens (tertiary/aromatic N) is 1. The van der Waals surface area contributed by atoms with Crippen LogP contribution in [0.15, 0.2) is 41.3 Å². The van der Waals surface area contributed by atoms with Crippen LogP contribution < -0.4 is 19.1 Å². The number of carbonyl (C=O) groups excluding carboxylic acids is 1. The van der Waals surface area contributed by atoms with E-state index in [2.05, 4.69) is 5.32 Å². The maximum absolute atomic E-state index is 13.4. The van der Waals surface area contributed by atoms with Crippen LogP contribution in [0.1, 0.15) is 18.1 Å². The quantitative estimate of drug-likeness (QED) is 0.729. The summed E-state index contributed by atoms with van der Waals surface area (Å²) in [6.07, 6.45) is 0. The Morgan fingerprint density at radius 2 is 1.61 bits per heavy atom. The molecule has 0 aromatic heterocycles. The second-order valence-corrected chi connectivity index (χ2v) is 8.19. The lowest BCUT2D eigenvalue weighted by molar-refractivity contribution is -0.119. The molecule has 0 saturated heterocycles. The van der Waals surface area contributed by atoms with E-state index in [-0.39, 0.29) is 17.3 Å². The van der Waals surface area contributed by atoms with Crippen molar-refractivity contribution in [1.29, 1.82) is 0 Å². The van der Waals surface area contributed by atoms with Gasteiger partial charge in [0.2, 0.25) is 5.91 Å². The van der Waals surface area contributed by atoms with Gasteiger partial charge in [-0.1, -0.05) is 6.07 Å². The lowest BCUT2D eigenvalue weighted by Crippen LogP contribution is -2.40. The number of anilines is 1. The molecule has 152 valence electrons. The summed E-state index contributed by atoms with van der Waals surface area (Å²) in [6.45, 7) is 5.62. The third-order valence-corrected chi connectivity index (χ3v) is 5.87. The van der Waals surface area contributed by atoms with Crippen LogP contribution in [0.5, 0.6) is 11.5 Å². The third kappa shape index (κ3) is 4.75. The van der Waals surface area contributed by atoms with Crippen molar-refractivity contribution < 1.29 is 22.7 Å². The van der Waals surface area contributed by atoms with Crippen molar-refractivity contribution in [3.63, 3.8) is 0 Å². The van der Waals surface area contributed by atoms with Gasteiger partial charge in [0.15, 0.2) is 11.5 Å². The molecule has 8 heteroatoms. The zero-order valence-corrected chi connectivity index (χ0v) is 17.6. The molecule has 0 unspecified atom stereocenters. The highest BCUT2D eigenvalue weighted by Gasteiger charge is 2.28. The van der Waals surface area contributed by atoms with Crippen molar-refractivity contribution in [2.45, 2.75) is 25.7 Å². The molecule has 0 bridgehead atoms. The van der Waals surface area contributed by atoms with Crippen LogP contribution in [0.25, 0.3) is 0 Å². The normalized spacial score (nSPS) is 11.0. The van der Waals surface area contributed by atoms with Crippen LogP contribution in [-0.2, 0) is 14.8 Å². The van der Waals surface area contributed by atoms with E-state index in [1.807, 2.05) is 19.9 Å². The van der Waals surface area contributed by atoms with Gasteiger partial charge in [0.05, 0.1) is 24.8 Å². The number of methoxy groups -OCH3 is 2. The van der Waals surface area contributed by atoms with E-state index in [4.69, 9.17) is 9.47 Å². The molecule has 1 N–H and O–H groups in total. The van der Waals surface area contributed by atoms with Gasteiger partial charge in [-0.15, -0.1) is 0 Å². The Balaban J connectivity index is 2.59. The second kappa shape index (κ2) is 8.97. The first-order chi connectivity index (χ1) is 13.2. The largest absolute Gasteiger partial charge is 0.493 e. The van der Waals surface area contributed by atoms with Gasteiger partial charge in [0.25, 0.3) is 10.0 Å². The van der Waals surface area contributed by atoms with Gasteiger partial charge in [-0.05, 0) is 56.2 Å². The topological polar surface area (TPSA) is 84.9 Å². The van der Waals surface area contributed by atoms with E-state index in [0.29, 0.717) is 23.7 Å². The smallest absolute Gasteiger partial charge is 0.264 e. The predicted octanol–water partition coefficient (Wildman–Crippen LogP) is 2.65. The zero-order chi connectivity index (χ0) is 20.9. The maximum atomic E-state index is 13.4. The molecule has 1 amide bonds. The fourth-order valence-corrected chi connectivity index (χ4v) is 4.32. The van der Waals surface area contributed by atoms with Crippen molar-refractivity contribution in [1.82, 2.24) is 5.32 Å². The Labute approximate surface area is 166 Å². The standard InChI is InChI=1S/C20H26N2O5S/c1-6-21-20(23)13-22(16-10-14(2)9-15(3)11-16)28(24,25)17-7-8-18(26-4)19(12-17)27-5/h7-12H,6,13H2,1-5H3,(H,21,23). The fraction of sp³-hybridized carbons (Fsp3) is 0.350. The van der Waals surface area contributed by atoms with Crippen LogP contribution >= 0.6 is 0 Å². The molecular weight excluding hydrogens is 380 g/mol. The minimum atomic E-state index is -4.02. The SMILES string of the molecule is CCNC(=O)CN(c1cc(C)cc(C)c1)S(=O)(=O)c1ccc(OC)c(OC)c1. The van der Waals surface area contributed by atoms with Crippen LogP contribution in [0.3, 0.4) is 0 Å². The highest BCUT2D eigenvalue weighted by Crippen LogP contribution is 2.32. The molecule has 2 aromatic rings. The van der Waals surface area contributed by atoms with Crippen molar-refractivity contribution in [2.75, 3.05) is 31.6 Å². The van der Waals surface area contributed by atoms with Gasteiger partial charge in [-0.3, -0.25) is 9.10 Å². The van der Waals surface area contributed by atoms with Crippen LogP contribution in [-0.4, -0.2) is 41.6 Å². The Kier molecular flexibility index (Phi) is 6.90. The Bertz CT molecular complexity index is 937. The van der Waals surface area contributed by atoms with E-state index in [1.54, 1.807) is 19.1 Å². The number of carbonyl (C=O) groups is 1. The number of nitrogens with one attached hydrogen (secondary N) is 1. The number of rotatable bonds is 8. The van der Waals surface area contributed by atoms with Crippen molar-refractivity contribution >= 4 is 21.6 Å². The molecule has 0 fully saturated rings. The number of likely N-dealkylation sites (N-methyl/N-ethyl adjacent to an activating group) is 1. The molecule has 0 aliphatic carbocycles. The van der Waals surface area contributed by atoms with Crippen molar-refractivity contribution in [3.8, 4) is 11.5 Å². The molecule has 2 rings (SSSR count). The summed E-state index contributed by atoms with van der Waals surface area (Å²) in [7, 11) is -1.11. The first-order valence-electron chi connectivity index (χ1n) is 8.82. The Morgan fingerprint density at radius 3 is 2.14 bits per heavy atom. The average Bonchev–Trinajstić information content (AvgIpc) is 2.64. The molecule has 28 heavy (non-hydrogen) atoms. The zero-order valence-electron chi connectivity index (χ0n) is 16.8. The number of amides is 1. The number of ether oxygens (including phenoxy) is 2. The molecule has 0 saturated carbocycles. The fourth-order valence-electron chi connectivity index (χ4n) is 2.90. The molecule has 0 heterocycles. The van der Waals surface area contributed by atoms with E-state index in [0.717, 1.165) is 15.4 Å². The third-order valence-electron chi connectivity index (χ3n) is 4.10. The minimum absolute atomic E-state index is 0.00797. The summed E-state index contributed by atoms with van der Waals surface area (Å²) in [4.78, 5) is 12.2. The molecule has 0 radical (unpaired) electrons. The van der Waals surface area contributed by atoms with Gasteiger partial charge < -0.3 is 14.8 Å². The molecule has 0 aliphatic heterocycles. The molecule has 0 aliphatic rings.